The molecule has 1 aromatic carbocycles. The van der Waals surface area contributed by atoms with E-state index in [1.807, 2.05) is 0 Å². The molecule has 2 aromatic rings. The van der Waals surface area contributed by atoms with E-state index in [4.69, 9.17) is 4.98 Å². The lowest BCUT2D eigenvalue weighted by atomic mass is 9.69. The number of hydrogen-bond donors (Lipinski definition) is 0. The predicted octanol–water partition coefficient (Wildman–Crippen LogP) is 5.42. The van der Waals surface area contributed by atoms with Crippen molar-refractivity contribution in [2.75, 3.05) is 0 Å². The molecule has 3 rings (SSSR count). The standard InChI is InChI=1S/C20H25N/c1-6-18-16-10-8-7-9-15(16)17-12-14(20(3,4)5)11-13(2)19(17)21-18/h7-10,14H,2,6,11-12H2,1,3-5H3. The van der Waals surface area contributed by atoms with Crippen molar-refractivity contribution in [2.24, 2.45) is 11.3 Å². The van der Waals surface area contributed by atoms with Crippen molar-refractivity contribution in [1.82, 2.24) is 4.98 Å². The number of fused-ring (bicyclic) bond motifs is 3. The van der Waals surface area contributed by atoms with Gasteiger partial charge in [0.1, 0.15) is 0 Å². The maximum absolute atomic E-state index is 4.96. The average Bonchev–Trinajstić information content (AvgIpc) is 2.45. The van der Waals surface area contributed by atoms with Crippen molar-refractivity contribution in [3.05, 3.63) is 47.8 Å². The molecule has 1 nitrogen and oxygen atoms in total. The van der Waals surface area contributed by atoms with E-state index >= 15 is 0 Å². The van der Waals surface area contributed by atoms with Gasteiger partial charge in [0, 0.05) is 11.1 Å². The fourth-order valence-electron chi connectivity index (χ4n) is 3.48. The zero-order valence-corrected chi connectivity index (χ0v) is 13.7. The minimum absolute atomic E-state index is 0.311. The molecule has 1 aliphatic carbocycles. The lowest BCUT2D eigenvalue weighted by Gasteiger charge is -2.36. The van der Waals surface area contributed by atoms with Gasteiger partial charge in [-0.1, -0.05) is 58.5 Å². The number of rotatable bonds is 1. The largest absolute Gasteiger partial charge is 0.252 e. The lowest BCUT2D eigenvalue weighted by Crippen LogP contribution is -2.27. The van der Waals surface area contributed by atoms with Crippen LogP contribution in [-0.2, 0) is 12.8 Å². The average molecular weight is 279 g/mol. The Balaban J connectivity index is 2.24. The van der Waals surface area contributed by atoms with Crippen LogP contribution < -0.4 is 0 Å². The molecule has 0 aliphatic heterocycles. The molecular formula is C20H25N. The maximum atomic E-state index is 4.96. The summed E-state index contributed by atoms with van der Waals surface area (Å²) in [7, 11) is 0. The van der Waals surface area contributed by atoms with Crippen LogP contribution in [0.2, 0.25) is 0 Å². The van der Waals surface area contributed by atoms with E-state index in [0.29, 0.717) is 11.3 Å². The van der Waals surface area contributed by atoms with Crippen LogP contribution in [-0.4, -0.2) is 4.98 Å². The molecule has 1 aromatic heterocycles. The Morgan fingerprint density at radius 1 is 1.14 bits per heavy atom. The summed E-state index contributed by atoms with van der Waals surface area (Å²) in [5.41, 5.74) is 5.33. The first-order valence-corrected chi connectivity index (χ1v) is 8.00. The second-order valence-corrected chi connectivity index (χ2v) is 7.36. The predicted molar refractivity (Wildman–Crippen MR) is 91.4 cm³/mol. The van der Waals surface area contributed by atoms with Gasteiger partial charge in [-0.15, -0.1) is 0 Å². The summed E-state index contributed by atoms with van der Waals surface area (Å²) in [6.45, 7) is 13.5. The molecule has 0 radical (unpaired) electrons. The Morgan fingerprint density at radius 3 is 2.43 bits per heavy atom. The minimum atomic E-state index is 0.311. The quantitative estimate of drug-likeness (QED) is 0.679. The Hall–Kier alpha value is -1.63. The molecule has 0 spiro atoms. The molecule has 110 valence electrons. The number of aromatic nitrogens is 1. The van der Waals surface area contributed by atoms with Crippen LogP contribution in [0.1, 0.15) is 51.1 Å². The summed E-state index contributed by atoms with van der Waals surface area (Å²) in [5, 5.41) is 2.70. The zero-order valence-electron chi connectivity index (χ0n) is 13.7. The summed E-state index contributed by atoms with van der Waals surface area (Å²) in [4.78, 5) is 4.96. The topological polar surface area (TPSA) is 12.9 Å². The molecule has 1 atom stereocenters. The highest BCUT2D eigenvalue weighted by Crippen LogP contribution is 2.43. The van der Waals surface area contributed by atoms with E-state index < -0.39 is 0 Å². The fourth-order valence-corrected chi connectivity index (χ4v) is 3.48. The van der Waals surface area contributed by atoms with Crippen LogP contribution in [0, 0.1) is 11.3 Å². The molecule has 1 heteroatoms. The molecule has 0 N–H and O–H groups in total. The van der Waals surface area contributed by atoms with E-state index in [2.05, 4.69) is 58.5 Å². The maximum Gasteiger partial charge on any atom is 0.0697 e. The summed E-state index contributed by atoms with van der Waals surface area (Å²) < 4.78 is 0. The van der Waals surface area contributed by atoms with E-state index in [9.17, 15) is 0 Å². The van der Waals surface area contributed by atoms with Crippen molar-refractivity contribution in [3.63, 3.8) is 0 Å². The van der Waals surface area contributed by atoms with Crippen LogP contribution in [0.4, 0.5) is 0 Å². The van der Waals surface area contributed by atoms with Gasteiger partial charge in [0.05, 0.1) is 5.69 Å². The van der Waals surface area contributed by atoms with Crippen molar-refractivity contribution in [2.45, 2.75) is 47.0 Å². The first-order valence-electron chi connectivity index (χ1n) is 8.00. The molecule has 0 bridgehead atoms. The number of benzene rings is 1. The Morgan fingerprint density at radius 2 is 1.81 bits per heavy atom. The second kappa shape index (κ2) is 4.98. The molecule has 0 fully saturated rings. The third-order valence-corrected chi connectivity index (χ3v) is 4.93. The van der Waals surface area contributed by atoms with Crippen molar-refractivity contribution < 1.29 is 0 Å². The van der Waals surface area contributed by atoms with Crippen LogP contribution in [0.5, 0.6) is 0 Å². The fraction of sp³-hybridized carbons (Fsp3) is 0.450. The summed E-state index contributed by atoms with van der Waals surface area (Å²) in [5.74, 6) is 0.648. The van der Waals surface area contributed by atoms with Gasteiger partial charge in [0.25, 0.3) is 0 Å². The Bertz CT molecular complexity index is 704. The molecule has 1 unspecified atom stereocenters. The molecule has 0 saturated heterocycles. The third-order valence-electron chi connectivity index (χ3n) is 4.93. The van der Waals surface area contributed by atoms with Gasteiger partial charge in [-0.2, -0.15) is 0 Å². The normalized spacial score (nSPS) is 18.9. The summed E-state index contributed by atoms with van der Waals surface area (Å²) in [6.07, 6.45) is 3.17. The van der Waals surface area contributed by atoms with Crippen molar-refractivity contribution in [3.8, 4) is 0 Å². The molecule has 0 saturated carbocycles. The van der Waals surface area contributed by atoms with Gasteiger partial charge >= 0.3 is 0 Å². The van der Waals surface area contributed by atoms with Gasteiger partial charge in [-0.25, -0.2) is 0 Å². The monoisotopic (exact) mass is 279 g/mol. The van der Waals surface area contributed by atoms with E-state index in [0.717, 1.165) is 19.3 Å². The Kier molecular flexibility index (Phi) is 3.39. The highest BCUT2D eigenvalue weighted by Gasteiger charge is 2.32. The van der Waals surface area contributed by atoms with Gasteiger partial charge in [-0.3, -0.25) is 4.98 Å². The van der Waals surface area contributed by atoms with Gasteiger partial charge in [-0.05, 0) is 47.1 Å². The first-order chi connectivity index (χ1) is 9.91. The SMILES string of the molecule is C=C1CC(C(C)(C)C)Cc2c1nc(CC)c1ccccc21. The zero-order chi connectivity index (χ0) is 15.2. The number of aryl methyl sites for hydroxylation is 1. The molecule has 1 heterocycles. The van der Waals surface area contributed by atoms with Crippen molar-refractivity contribution >= 4 is 16.3 Å². The Labute approximate surface area is 128 Å². The molecule has 1 aliphatic rings. The van der Waals surface area contributed by atoms with Crippen LogP contribution in [0.3, 0.4) is 0 Å². The molecule has 0 amide bonds. The second-order valence-electron chi connectivity index (χ2n) is 7.36. The lowest BCUT2D eigenvalue weighted by molar-refractivity contribution is 0.239. The highest BCUT2D eigenvalue weighted by molar-refractivity contribution is 5.91. The number of allylic oxidation sites excluding steroid dienone is 1. The van der Waals surface area contributed by atoms with Gasteiger partial charge < -0.3 is 0 Å². The van der Waals surface area contributed by atoms with Gasteiger partial charge in [0.2, 0.25) is 0 Å². The summed E-state index contributed by atoms with van der Waals surface area (Å²) >= 11 is 0. The third kappa shape index (κ3) is 2.39. The first kappa shape index (κ1) is 14.3. The number of pyridine rings is 1. The smallest absolute Gasteiger partial charge is 0.0697 e. The minimum Gasteiger partial charge on any atom is -0.252 e. The van der Waals surface area contributed by atoms with Crippen LogP contribution in [0.25, 0.3) is 16.3 Å². The molecular weight excluding hydrogens is 254 g/mol. The molecule has 21 heavy (non-hydrogen) atoms. The number of hydrogen-bond acceptors (Lipinski definition) is 1. The van der Waals surface area contributed by atoms with E-state index in [1.165, 1.54) is 33.3 Å². The van der Waals surface area contributed by atoms with Crippen LogP contribution >= 0.6 is 0 Å². The summed E-state index contributed by atoms with van der Waals surface area (Å²) in [6, 6.07) is 8.73. The van der Waals surface area contributed by atoms with E-state index in [-0.39, 0.29) is 0 Å². The number of nitrogens with zero attached hydrogens (tertiary/aromatic N) is 1. The van der Waals surface area contributed by atoms with Crippen molar-refractivity contribution in [1.29, 1.82) is 0 Å². The van der Waals surface area contributed by atoms with Gasteiger partial charge in [0.15, 0.2) is 0 Å². The highest BCUT2D eigenvalue weighted by atomic mass is 14.7. The van der Waals surface area contributed by atoms with E-state index in [1.54, 1.807) is 0 Å². The van der Waals surface area contributed by atoms with Crippen LogP contribution in [0.15, 0.2) is 30.8 Å².